The van der Waals surface area contributed by atoms with Gasteiger partial charge in [-0.1, -0.05) is 12.1 Å². The van der Waals surface area contributed by atoms with Crippen molar-refractivity contribution in [3.63, 3.8) is 0 Å². The minimum Gasteiger partial charge on any atom is -0.355 e. The summed E-state index contributed by atoms with van der Waals surface area (Å²) in [4.78, 5) is 11.4. The molecule has 0 spiro atoms. The first kappa shape index (κ1) is 16.2. The minimum atomic E-state index is -3.62. The average Bonchev–Trinajstić information content (AvgIpc) is 3.02. The predicted octanol–water partition coefficient (Wildman–Crippen LogP) is 0.741. The van der Waals surface area contributed by atoms with Crippen molar-refractivity contribution < 1.29 is 13.2 Å². The first-order valence-corrected chi connectivity index (χ1v) is 8.28. The quantitative estimate of drug-likeness (QED) is 0.820. The topological polar surface area (TPSA) is 93.1 Å². The fourth-order valence-electron chi connectivity index (χ4n) is 1.96. The maximum atomic E-state index is 12.2. The van der Waals surface area contributed by atoms with Crippen molar-refractivity contribution in [3.8, 4) is 0 Å². The third-order valence-electron chi connectivity index (χ3n) is 3.16. The number of benzene rings is 1. The first-order valence-electron chi connectivity index (χ1n) is 6.80. The summed E-state index contributed by atoms with van der Waals surface area (Å²) in [6, 6.07) is 8.19. The van der Waals surface area contributed by atoms with E-state index in [2.05, 4.69) is 15.1 Å². The molecule has 7 nitrogen and oxygen atoms in total. The second kappa shape index (κ2) is 6.71. The molecule has 0 fully saturated rings. The van der Waals surface area contributed by atoms with Gasteiger partial charge in [0.25, 0.3) is 15.9 Å². The molecule has 1 heterocycles. The molecule has 0 aliphatic rings. The van der Waals surface area contributed by atoms with E-state index in [1.807, 2.05) is 6.92 Å². The van der Waals surface area contributed by atoms with E-state index in [9.17, 15) is 13.2 Å². The Morgan fingerprint density at radius 2 is 1.91 bits per heavy atom. The van der Waals surface area contributed by atoms with Crippen LogP contribution in [0.4, 0.5) is 0 Å². The maximum Gasteiger partial charge on any atom is 0.258 e. The largest absolute Gasteiger partial charge is 0.355 e. The highest BCUT2D eigenvalue weighted by atomic mass is 32.2. The van der Waals surface area contributed by atoms with Gasteiger partial charge in [-0.3, -0.25) is 9.48 Å². The number of aromatic nitrogens is 2. The van der Waals surface area contributed by atoms with Crippen molar-refractivity contribution >= 4 is 15.9 Å². The Bertz CT molecular complexity index is 751. The van der Waals surface area contributed by atoms with Gasteiger partial charge in [-0.2, -0.15) is 5.10 Å². The average molecular weight is 322 g/mol. The summed E-state index contributed by atoms with van der Waals surface area (Å²) in [5.74, 6) is -0.182. The zero-order valence-electron chi connectivity index (χ0n) is 12.4. The normalized spacial score (nSPS) is 11.4. The summed E-state index contributed by atoms with van der Waals surface area (Å²) in [5, 5.41) is 6.61. The van der Waals surface area contributed by atoms with Crippen LogP contribution in [-0.2, 0) is 23.1 Å². The van der Waals surface area contributed by atoms with E-state index in [0.29, 0.717) is 12.1 Å². The SMILES string of the molecule is CCn1nccc1S(=O)(=O)NCc1ccc(C(=O)NC)cc1. The number of carbonyl (C=O) groups excluding carboxylic acids is 1. The Labute approximate surface area is 129 Å². The lowest BCUT2D eigenvalue weighted by Crippen LogP contribution is -2.26. The van der Waals surface area contributed by atoms with Crippen LogP contribution < -0.4 is 10.0 Å². The lowest BCUT2D eigenvalue weighted by molar-refractivity contribution is 0.0963. The van der Waals surface area contributed by atoms with E-state index >= 15 is 0 Å². The third kappa shape index (κ3) is 3.52. The van der Waals surface area contributed by atoms with Crippen LogP contribution in [0.25, 0.3) is 0 Å². The van der Waals surface area contributed by atoms with Gasteiger partial charge in [0.2, 0.25) is 0 Å². The van der Waals surface area contributed by atoms with Gasteiger partial charge in [0, 0.05) is 25.7 Å². The molecule has 1 aromatic heterocycles. The smallest absolute Gasteiger partial charge is 0.258 e. The van der Waals surface area contributed by atoms with Crippen molar-refractivity contribution in [1.82, 2.24) is 19.8 Å². The van der Waals surface area contributed by atoms with Crippen LogP contribution in [-0.4, -0.2) is 31.2 Å². The van der Waals surface area contributed by atoms with Crippen LogP contribution in [0.2, 0.25) is 0 Å². The number of hydrogen-bond donors (Lipinski definition) is 2. The van der Waals surface area contributed by atoms with E-state index in [1.54, 1.807) is 31.3 Å². The van der Waals surface area contributed by atoms with Crippen molar-refractivity contribution in [2.24, 2.45) is 0 Å². The van der Waals surface area contributed by atoms with Crippen LogP contribution in [0.5, 0.6) is 0 Å². The zero-order valence-corrected chi connectivity index (χ0v) is 13.2. The summed E-state index contributed by atoms with van der Waals surface area (Å²) in [6.07, 6.45) is 1.45. The van der Waals surface area contributed by atoms with E-state index in [0.717, 1.165) is 5.56 Å². The molecule has 0 unspecified atom stereocenters. The van der Waals surface area contributed by atoms with Gasteiger partial charge < -0.3 is 5.32 Å². The molecular formula is C14H18N4O3S. The molecule has 1 amide bonds. The number of amides is 1. The van der Waals surface area contributed by atoms with E-state index in [1.165, 1.54) is 16.9 Å². The Morgan fingerprint density at radius 3 is 2.50 bits per heavy atom. The van der Waals surface area contributed by atoms with Crippen LogP contribution in [0.15, 0.2) is 41.6 Å². The summed E-state index contributed by atoms with van der Waals surface area (Å²) in [6.45, 7) is 2.44. The summed E-state index contributed by atoms with van der Waals surface area (Å²) >= 11 is 0. The zero-order chi connectivity index (χ0) is 16.2. The fraction of sp³-hybridized carbons (Fsp3) is 0.286. The van der Waals surface area contributed by atoms with Crippen LogP contribution in [0.1, 0.15) is 22.8 Å². The second-order valence-electron chi connectivity index (χ2n) is 4.59. The monoisotopic (exact) mass is 322 g/mol. The lowest BCUT2D eigenvalue weighted by atomic mass is 10.1. The van der Waals surface area contributed by atoms with Gasteiger partial charge in [0.15, 0.2) is 5.03 Å². The summed E-state index contributed by atoms with van der Waals surface area (Å²) in [7, 11) is -2.06. The first-order chi connectivity index (χ1) is 10.5. The number of carbonyl (C=O) groups is 1. The van der Waals surface area contributed by atoms with Crippen LogP contribution >= 0.6 is 0 Å². The molecule has 0 saturated heterocycles. The highest BCUT2D eigenvalue weighted by Crippen LogP contribution is 2.10. The van der Waals surface area contributed by atoms with Crippen LogP contribution in [0, 0.1) is 0 Å². The Balaban J connectivity index is 2.08. The predicted molar refractivity (Wildman–Crippen MR) is 81.8 cm³/mol. The highest BCUT2D eigenvalue weighted by Gasteiger charge is 2.18. The van der Waals surface area contributed by atoms with Crippen molar-refractivity contribution in [2.75, 3.05) is 7.05 Å². The highest BCUT2D eigenvalue weighted by molar-refractivity contribution is 7.89. The summed E-state index contributed by atoms with van der Waals surface area (Å²) in [5.41, 5.74) is 1.29. The molecule has 22 heavy (non-hydrogen) atoms. The van der Waals surface area contributed by atoms with Crippen LogP contribution in [0.3, 0.4) is 0 Å². The Kier molecular flexibility index (Phi) is 4.94. The number of rotatable bonds is 6. The third-order valence-corrected chi connectivity index (χ3v) is 4.58. The molecule has 2 N–H and O–H groups in total. The van der Waals surface area contributed by atoms with E-state index in [4.69, 9.17) is 0 Å². The lowest BCUT2D eigenvalue weighted by Gasteiger charge is -2.08. The molecule has 118 valence electrons. The molecule has 0 atom stereocenters. The Morgan fingerprint density at radius 1 is 1.23 bits per heavy atom. The molecule has 2 aromatic rings. The van der Waals surface area contributed by atoms with E-state index in [-0.39, 0.29) is 17.5 Å². The molecule has 0 aliphatic heterocycles. The summed E-state index contributed by atoms with van der Waals surface area (Å²) < 4.78 is 28.4. The Hall–Kier alpha value is -2.19. The number of nitrogens with zero attached hydrogens (tertiary/aromatic N) is 2. The molecule has 0 radical (unpaired) electrons. The molecule has 0 saturated carbocycles. The fourth-order valence-corrected chi connectivity index (χ4v) is 3.16. The van der Waals surface area contributed by atoms with Crippen molar-refractivity contribution in [1.29, 1.82) is 0 Å². The standard InChI is InChI=1S/C14H18N4O3S/c1-3-18-13(8-9-16-18)22(20,21)17-10-11-4-6-12(7-5-11)14(19)15-2/h4-9,17H,3,10H2,1-2H3,(H,15,19). The maximum absolute atomic E-state index is 12.2. The molecule has 0 bridgehead atoms. The van der Waals surface area contributed by atoms with Gasteiger partial charge in [-0.05, 0) is 30.7 Å². The van der Waals surface area contributed by atoms with Gasteiger partial charge >= 0.3 is 0 Å². The van der Waals surface area contributed by atoms with E-state index < -0.39 is 10.0 Å². The van der Waals surface area contributed by atoms with Crippen molar-refractivity contribution in [2.45, 2.75) is 25.0 Å². The molecule has 2 rings (SSSR count). The molecular weight excluding hydrogens is 304 g/mol. The van der Waals surface area contributed by atoms with Gasteiger partial charge in [0.05, 0.1) is 6.20 Å². The second-order valence-corrected chi connectivity index (χ2v) is 6.30. The molecule has 0 aliphatic carbocycles. The molecule has 8 heteroatoms. The number of sulfonamides is 1. The minimum absolute atomic E-state index is 0.136. The van der Waals surface area contributed by atoms with Gasteiger partial charge in [-0.15, -0.1) is 0 Å². The molecule has 1 aromatic carbocycles. The number of aryl methyl sites for hydroxylation is 1. The van der Waals surface area contributed by atoms with Gasteiger partial charge in [-0.25, -0.2) is 13.1 Å². The van der Waals surface area contributed by atoms with Crippen molar-refractivity contribution in [3.05, 3.63) is 47.7 Å². The number of hydrogen-bond acceptors (Lipinski definition) is 4. The number of nitrogens with one attached hydrogen (secondary N) is 2. The van der Waals surface area contributed by atoms with Gasteiger partial charge in [0.1, 0.15) is 0 Å².